The smallest absolute Gasteiger partial charge is 0.325 e. The van der Waals surface area contributed by atoms with E-state index in [2.05, 4.69) is 37.2 Å². The van der Waals surface area contributed by atoms with Gasteiger partial charge in [0.25, 0.3) is 0 Å². The molecule has 7 heteroatoms. The highest BCUT2D eigenvalue weighted by Gasteiger charge is 2.30. The first-order valence-electron chi connectivity index (χ1n) is 6.17. The molecule has 0 spiro atoms. The molecule has 0 aliphatic carbocycles. The number of nitrogens with one attached hydrogen (secondary N) is 1. The molecule has 0 fully saturated rings. The van der Waals surface area contributed by atoms with Gasteiger partial charge in [-0.15, -0.1) is 0 Å². The molecule has 0 aromatic heterocycles. The number of hydrogen-bond donors (Lipinski definition) is 1. The van der Waals surface area contributed by atoms with Crippen LogP contribution in [0, 0.1) is 0 Å². The van der Waals surface area contributed by atoms with Crippen molar-refractivity contribution in [3.63, 3.8) is 0 Å². The van der Waals surface area contributed by atoms with Crippen molar-refractivity contribution in [3.05, 3.63) is 62.5 Å². The number of anilines is 1. The van der Waals surface area contributed by atoms with Crippen LogP contribution in [0.4, 0.5) is 18.9 Å². The summed E-state index contributed by atoms with van der Waals surface area (Å²) in [5.41, 5.74) is 0.0891. The first-order valence-corrected chi connectivity index (χ1v) is 7.76. The van der Waals surface area contributed by atoms with Crippen LogP contribution in [0.2, 0.25) is 0 Å². The lowest BCUT2D eigenvalue weighted by Crippen LogP contribution is -2.15. The number of hydrogen-bond acceptors (Lipinski definition) is 1. The van der Waals surface area contributed by atoms with Gasteiger partial charge in [0.05, 0.1) is 22.1 Å². The fourth-order valence-electron chi connectivity index (χ4n) is 1.84. The van der Waals surface area contributed by atoms with E-state index < -0.39 is 17.6 Å². The van der Waals surface area contributed by atoms with Gasteiger partial charge in [0.2, 0.25) is 5.91 Å². The minimum atomic E-state index is -4.42. The van der Waals surface area contributed by atoms with E-state index in [4.69, 9.17) is 0 Å². The summed E-state index contributed by atoms with van der Waals surface area (Å²) in [6.07, 6.45) is -4.55. The molecule has 1 N–H and O–H groups in total. The highest BCUT2D eigenvalue weighted by molar-refractivity contribution is 9.13. The van der Waals surface area contributed by atoms with Crippen molar-refractivity contribution < 1.29 is 18.0 Å². The molecule has 0 atom stereocenters. The zero-order valence-electron chi connectivity index (χ0n) is 11.0. The van der Waals surface area contributed by atoms with Gasteiger partial charge in [0, 0.05) is 4.47 Å². The maximum atomic E-state index is 12.6. The van der Waals surface area contributed by atoms with E-state index in [9.17, 15) is 18.0 Å². The maximum absolute atomic E-state index is 12.6. The fourth-order valence-corrected chi connectivity index (χ4v) is 2.57. The van der Waals surface area contributed by atoms with Gasteiger partial charge in [-0.05, 0) is 55.6 Å². The molecular formula is C15H10Br2F3NO. The van der Waals surface area contributed by atoms with Crippen LogP contribution in [0.15, 0.2) is 51.4 Å². The van der Waals surface area contributed by atoms with Crippen LogP contribution in [0.3, 0.4) is 0 Å². The zero-order chi connectivity index (χ0) is 16.3. The number of carbonyl (C=O) groups excluding carboxylic acids is 1. The Bertz CT molecular complexity index is 701. The van der Waals surface area contributed by atoms with Crippen molar-refractivity contribution in [1.29, 1.82) is 0 Å². The molecule has 116 valence electrons. The molecule has 2 aromatic rings. The standard InChI is InChI=1S/C15H10Br2F3NO/c16-11-5-2-6-12(14(11)17)21-13(22)8-9-3-1-4-10(7-9)15(18,19)20/h1-7H,8H2,(H,21,22). The van der Waals surface area contributed by atoms with Crippen molar-refractivity contribution in [2.24, 2.45) is 0 Å². The van der Waals surface area contributed by atoms with Crippen LogP contribution in [0.25, 0.3) is 0 Å². The highest BCUT2D eigenvalue weighted by atomic mass is 79.9. The van der Waals surface area contributed by atoms with Crippen LogP contribution in [0.5, 0.6) is 0 Å². The third-order valence-corrected chi connectivity index (χ3v) is 4.89. The molecule has 22 heavy (non-hydrogen) atoms. The summed E-state index contributed by atoms with van der Waals surface area (Å²) < 4.78 is 39.4. The van der Waals surface area contributed by atoms with Gasteiger partial charge in [0.1, 0.15) is 0 Å². The summed E-state index contributed by atoms with van der Waals surface area (Å²) >= 11 is 6.63. The van der Waals surface area contributed by atoms with E-state index in [1.54, 1.807) is 18.2 Å². The predicted octanol–water partition coefficient (Wildman–Crippen LogP) is 5.41. The first kappa shape index (κ1) is 17.0. The third-order valence-electron chi connectivity index (χ3n) is 2.84. The van der Waals surface area contributed by atoms with Crippen LogP contribution in [0.1, 0.15) is 11.1 Å². The van der Waals surface area contributed by atoms with Crippen LogP contribution >= 0.6 is 31.9 Å². The summed E-state index contributed by atoms with van der Waals surface area (Å²) in [5.74, 6) is -0.391. The number of rotatable bonds is 3. The molecule has 0 bridgehead atoms. The van der Waals surface area contributed by atoms with Crippen molar-refractivity contribution in [2.75, 3.05) is 5.32 Å². The molecule has 2 rings (SSSR count). The summed E-state index contributed by atoms with van der Waals surface area (Å²) in [5, 5.41) is 2.66. The van der Waals surface area contributed by atoms with Crippen molar-refractivity contribution in [3.8, 4) is 0 Å². The van der Waals surface area contributed by atoms with E-state index in [1.807, 2.05) is 0 Å². The Morgan fingerprint density at radius 2 is 1.77 bits per heavy atom. The van der Waals surface area contributed by atoms with Gasteiger partial charge in [-0.3, -0.25) is 4.79 Å². The second-order valence-corrected chi connectivity index (χ2v) is 6.17. The SMILES string of the molecule is O=C(Cc1cccc(C(F)(F)F)c1)Nc1cccc(Br)c1Br. The molecular weight excluding hydrogens is 427 g/mol. The molecule has 2 aromatic carbocycles. The van der Waals surface area contributed by atoms with E-state index in [0.29, 0.717) is 15.7 Å². The quantitative estimate of drug-likeness (QED) is 0.684. The molecule has 0 saturated carbocycles. The van der Waals surface area contributed by atoms with Gasteiger partial charge >= 0.3 is 6.18 Å². The van der Waals surface area contributed by atoms with Gasteiger partial charge in [-0.1, -0.05) is 24.3 Å². The molecule has 1 amide bonds. The third kappa shape index (κ3) is 4.33. The summed E-state index contributed by atoms with van der Waals surface area (Å²) in [7, 11) is 0. The predicted molar refractivity (Wildman–Crippen MR) is 85.6 cm³/mol. The van der Waals surface area contributed by atoms with Crippen LogP contribution in [-0.2, 0) is 17.4 Å². The molecule has 0 heterocycles. The van der Waals surface area contributed by atoms with Crippen molar-refractivity contribution in [2.45, 2.75) is 12.6 Å². The summed E-state index contributed by atoms with van der Waals surface area (Å²) in [6.45, 7) is 0. The highest BCUT2D eigenvalue weighted by Crippen LogP contribution is 2.31. The average Bonchev–Trinajstić information content (AvgIpc) is 2.43. The minimum absolute atomic E-state index is 0.136. The Morgan fingerprint density at radius 1 is 1.09 bits per heavy atom. The van der Waals surface area contributed by atoms with Gasteiger partial charge < -0.3 is 5.32 Å². The Balaban J connectivity index is 2.11. The molecule has 0 saturated heterocycles. The summed E-state index contributed by atoms with van der Waals surface area (Å²) in [4.78, 5) is 12.0. The van der Waals surface area contributed by atoms with Crippen molar-refractivity contribution in [1.82, 2.24) is 0 Å². The fraction of sp³-hybridized carbons (Fsp3) is 0.133. The summed E-state index contributed by atoms with van der Waals surface area (Å²) in [6, 6.07) is 9.98. The monoisotopic (exact) mass is 435 g/mol. The van der Waals surface area contributed by atoms with Crippen molar-refractivity contribution >= 4 is 43.5 Å². The van der Waals surface area contributed by atoms with Gasteiger partial charge in [-0.2, -0.15) is 13.2 Å². The lowest BCUT2D eigenvalue weighted by atomic mass is 10.1. The number of alkyl halides is 3. The number of carbonyl (C=O) groups is 1. The van der Waals surface area contributed by atoms with E-state index in [1.165, 1.54) is 12.1 Å². The van der Waals surface area contributed by atoms with Gasteiger partial charge in [-0.25, -0.2) is 0 Å². The second kappa shape index (κ2) is 6.83. The number of amides is 1. The Kier molecular flexibility index (Phi) is 5.28. The molecule has 0 aliphatic heterocycles. The Morgan fingerprint density at radius 3 is 2.45 bits per heavy atom. The molecule has 0 unspecified atom stereocenters. The van der Waals surface area contributed by atoms with E-state index in [0.717, 1.165) is 16.6 Å². The molecule has 2 nitrogen and oxygen atoms in total. The van der Waals surface area contributed by atoms with E-state index >= 15 is 0 Å². The minimum Gasteiger partial charge on any atom is -0.325 e. The lowest BCUT2D eigenvalue weighted by Gasteiger charge is -2.10. The largest absolute Gasteiger partial charge is 0.416 e. The second-order valence-electron chi connectivity index (χ2n) is 4.52. The molecule has 0 radical (unpaired) electrons. The Hall–Kier alpha value is -1.34. The average molecular weight is 437 g/mol. The zero-order valence-corrected chi connectivity index (χ0v) is 14.2. The molecule has 0 aliphatic rings. The normalized spacial score (nSPS) is 11.3. The van der Waals surface area contributed by atoms with Crippen LogP contribution in [-0.4, -0.2) is 5.91 Å². The van der Waals surface area contributed by atoms with Crippen LogP contribution < -0.4 is 5.32 Å². The van der Waals surface area contributed by atoms with Gasteiger partial charge in [0.15, 0.2) is 0 Å². The number of halogens is 5. The number of benzene rings is 2. The Labute approximate surface area is 142 Å². The maximum Gasteiger partial charge on any atom is 0.416 e. The topological polar surface area (TPSA) is 29.1 Å². The first-order chi connectivity index (χ1) is 10.3. The van der Waals surface area contributed by atoms with E-state index in [-0.39, 0.29) is 6.42 Å². The lowest BCUT2D eigenvalue weighted by molar-refractivity contribution is -0.137.